The molecule has 0 aliphatic carbocycles. The van der Waals surface area contributed by atoms with E-state index in [1.54, 1.807) is 0 Å². The zero-order chi connectivity index (χ0) is 26.0. The fourth-order valence-corrected chi connectivity index (χ4v) is 6.33. The number of aromatic amines is 1. The number of hydrogen-bond acceptors (Lipinski definition) is 7. The largest absolute Gasteiger partial charge is 0.444 e. The van der Waals surface area contributed by atoms with Crippen LogP contribution in [0.3, 0.4) is 0 Å². The number of piperazine rings is 1. The van der Waals surface area contributed by atoms with Crippen LogP contribution in [0.5, 0.6) is 0 Å². The van der Waals surface area contributed by atoms with Crippen molar-refractivity contribution in [3.8, 4) is 0 Å². The molecule has 3 aliphatic heterocycles. The van der Waals surface area contributed by atoms with Crippen LogP contribution in [0.2, 0.25) is 5.02 Å². The number of H-pyrrole nitrogens is 1. The highest BCUT2D eigenvalue weighted by atomic mass is 35.5. The number of nitrogens with one attached hydrogen (secondary N) is 2. The minimum absolute atomic E-state index is 0.209. The van der Waals surface area contributed by atoms with Gasteiger partial charge in [-0.25, -0.2) is 4.79 Å². The molecule has 2 N–H and O–H groups in total. The molecule has 2 fully saturated rings. The van der Waals surface area contributed by atoms with Crippen LogP contribution in [0.4, 0.5) is 10.5 Å². The maximum absolute atomic E-state index is 12.3. The summed E-state index contributed by atoms with van der Waals surface area (Å²) in [6, 6.07) is 6.89. The summed E-state index contributed by atoms with van der Waals surface area (Å²) in [6.45, 7) is 11.5. The van der Waals surface area contributed by atoms with E-state index in [0.717, 1.165) is 90.2 Å². The van der Waals surface area contributed by atoms with Crippen molar-refractivity contribution in [3.05, 3.63) is 28.9 Å². The van der Waals surface area contributed by atoms with Gasteiger partial charge < -0.3 is 24.7 Å². The Morgan fingerprint density at radius 3 is 2.70 bits per heavy atom. The molecule has 0 radical (unpaired) electrons. The Bertz CT molecular complexity index is 1130. The normalized spacial score (nSPS) is 21.9. The lowest BCUT2D eigenvalue weighted by molar-refractivity contribution is 0.0143. The van der Waals surface area contributed by atoms with Crippen LogP contribution in [0.1, 0.15) is 45.7 Å². The SMILES string of the molecule is CC(C)(C)OC(=O)N1CCN(CCC2CSC(c3cc4cc(Cl)cc(NC5CCOCC5)c4[nH]3)=N2)CC1. The number of anilines is 1. The lowest BCUT2D eigenvalue weighted by atomic mass is 10.1. The van der Waals surface area contributed by atoms with Gasteiger partial charge in [-0.2, -0.15) is 0 Å². The Morgan fingerprint density at radius 1 is 1.22 bits per heavy atom. The van der Waals surface area contributed by atoms with Gasteiger partial charge >= 0.3 is 6.09 Å². The van der Waals surface area contributed by atoms with Gasteiger partial charge in [-0.1, -0.05) is 11.6 Å². The van der Waals surface area contributed by atoms with E-state index >= 15 is 0 Å². The molecular weight excluding hydrogens is 510 g/mol. The van der Waals surface area contributed by atoms with Crippen molar-refractivity contribution < 1.29 is 14.3 Å². The summed E-state index contributed by atoms with van der Waals surface area (Å²) in [6.07, 6.45) is 2.81. The van der Waals surface area contributed by atoms with Crippen molar-refractivity contribution in [1.82, 2.24) is 14.8 Å². The fourth-order valence-electron chi connectivity index (χ4n) is 5.02. The van der Waals surface area contributed by atoms with E-state index in [1.807, 2.05) is 49.6 Å². The topological polar surface area (TPSA) is 82.2 Å². The Kier molecular flexibility index (Phi) is 8.24. The lowest BCUT2D eigenvalue weighted by Crippen LogP contribution is -2.50. The van der Waals surface area contributed by atoms with Gasteiger partial charge in [0.05, 0.1) is 22.9 Å². The molecule has 1 amide bonds. The van der Waals surface area contributed by atoms with Crippen LogP contribution in [0, 0.1) is 0 Å². The van der Waals surface area contributed by atoms with Crippen LogP contribution in [0.25, 0.3) is 10.9 Å². The molecule has 1 unspecified atom stereocenters. The van der Waals surface area contributed by atoms with Gasteiger partial charge in [0.1, 0.15) is 10.6 Å². The van der Waals surface area contributed by atoms with Crippen LogP contribution < -0.4 is 5.32 Å². The first-order valence-electron chi connectivity index (χ1n) is 13.3. The molecule has 1 aromatic carbocycles. The molecule has 202 valence electrons. The van der Waals surface area contributed by atoms with Gasteiger partial charge in [0.2, 0.25) is 0 Å². The standard InChI is InChI=1S/C27H38ClN5O3S/c1-27(2,3)36-26(34)33-10-8-32(9-11-33)7-4-21-17-37-25(30-21)23-15-18-14-19(28)16-22(24(18)31-23)29-20-5-12-35-13-6-20/h14-16,20-21,29,31H,4-13,17H2,1-3H3. The molecule has 1 atom stereocenters. The predicted molar refractivity (Wildman–Crippen MR) is 152 cm³/mol. The number of benzene rings is 1. The zero-order valence-corrected chi connectivity index (χ0v) is 23.6. The third kappa shape index (κ3) is 6.93. The van der Waals surface area contributed by atoms with Crippen molar-refractivity contribution >= 4 is 51.1 Å². The van der Waals surface area contributed by atoms with E-state index in [-0.39, 0.29) is 6.09 Å². The number of carbonyl (C=O) groups is 1. The number of aliphatic imine (C=N–C) groups is 1. The number of halogens is 1. The second kappa shape index (κ2) is 11.4. The fraction of sp³-hybridized carbons (Fsp3) is 0.630. The molecule has 0 spiro atoms. The highest BCUT2D eigenvalue weighted by Gasteiger charge is 2.27. The predicted octanol–water partition coefficient (Wildman–Crippen LogP) is 5.22. The van der Waals surface area contributed by atoms with Crippen molar-refractivity contribution in [2.75, 3.05) is 57.0 Å². The molecule has 37 heavy (non-hydrogen) atoms. The molecule has 2 saturated heterocycles. The number of thioether (sulfide) groups is 1. The Morgan fingerprint density at radius 2 is 1.97 bits per heavy atom. The van der Waals surface area contributed by atoms with Crippen molar-refractivity contribution in [2.45, 2.75) is 57.7 Å². The third-order valence-electron chi connectivity index (χ3n) is 7.02. The first kappa shape index (κ1) is 26.7. The molecule has 0 saturated carbocycles. The highest BCUT2D eigenvalue weighted by Crippen LogP contribution is 2.33. The van der Waals surface area contributed by atoms with Crippen LogP contribution in [-0.2, 0) is 9.47 Å². The van der Waals surface area contributed by atoms with Crippen molar-refractivity contribution in [1.29, 1.82) is 0 Å². The number of ether oxygens (including phenoxy) is 2. The molecular formula is C27H38ClN5O3S. The summed E-state index contributed by atoms with van der Waals surface area (Å²) in [4.78, 5) is 25.2. The molecule has 5 rings (SSSR count). The smallest absolute Gasteiger partial charge is 0.410 e. The number of nitrogens with zero attached hydrogens (tertiary/aromatic N) is 3. The summed E-state index contributed by atoms with van der Waals surface area (Å²) >= 11 is 8.28. The zero-order valence-electron chi connectivity index (χ0n) is 22.0. The maximum Gasteiger partial charge on any atom is 0.410 e. The summed E-state index contributed by atoms with van der Waals surface area (Å²) < 4.78 is 11.0. The molecule has 10 heteroatoms. The molecule has 2 aromatic rings. The van der Waals surface area contributed by atoms with Gasteiger partial charge in [-0.3, -0.25) is 9.89 Å². The first-order chi connectivity index (χ1) is 17.7. The first-order valence-corrected chi connectivity index (χ1v) is 14.7. The van der Waals surface area contributed by atoms with E-state index in [2.05, 4.69) is 21.3 Å². The quantitative estimate of drug-likeness (QED) is 0.516. The monoisotopic (exact) mass is 547 g/mol. The minimum Gasteiger partial charge on any atom is -0.444 e. The number of hydrogen-bond donors (Lipinski definition) is 2. The van der Waals surface area contributed by atoms with Gasteiger partial charge in [-0.05, 0) is 58.2 Å². The summed E-state index contributed by atoms with van der Waals surface area (Å²) in [7, 11) is 0. The molecule has 4 heterocycles. The maximum atomic E-state index is 12.3. The molecule has 3 aliphatic rings. The Labute approximate surface area is 228 Å². The van der Waals surface area contributed by atoms with Gasteiger partial charge in [0.15, 0.2) is 0 Å². The van der Waals surface area contributed by atoms with E-state index in [4.69, 9.17) is 26.1 Å². The van der Waals surface area contributed by atoms with Crippen molar-refractivity contribution in [3.63, 3.8) is 0 Å². The van der Waals surface area contributed by atoms with Crippen LogP contribution in [0.15, 0.2) is 23.2 Å². The van der Waals surface area contributed by atoms with Gasteiger partial charge in [0, 0.05) is 68.1 Å². The summed E-state index contributed by atoms with van der Waals surface area (Å²) in [5, 5.41) is 6.59. The lowest BCUT2D eigenvalue weighted by Gasteiger charge is -2.35. The van der Waals surface area contributed by atoms with Gasteiger partial charge in [-0.15, -0.1) is 11.8 Å². The molecule has 8 nitrogen and oxygen atoms in total. The molecule has 1 aromatic heterocycles. The number of aromatic nitrogens is 1. The van der Waals surface area contributed by atoms with Gasteiger partial charge in [0.25, 0.3) is 0 Å². The van der Waals surface area contributed by atoms with E-state index < -0.39 is 5.60 Å². The number of amides is 1. The Balaban J connectivity index is 1.16. The third-order valence-corrected chi connectivity index (χ3v) is 8.39. The Hall–Kier alpha value is -1.94. The number of fused-ring (bicyclic) bond motifs is 1. The van der Waals surface area contributed by atoms with Crippen LogP contribution >= 0.6 is 23.4 Å². The second-order valence-corrected chi connectivity index (χ2v) is 12.6. The summed E-state index contributed by atoms with van der Waals surface area (Å²) in [5.41, 5.74) is 2.74. The van der Waals surface area contributed by atoms with Crippen molar-refractivity contribution in [2.24, 2.45) is 4.99 Å². The van der Waals surface area contributed by atoms with E-state index in [0.29, 0.717) is 25.2 Å². The molecule has 0 bridgehead atoms. The van der Waals surface area contributed by atoms with E-state index in [1.165, 1.54) is 0 Å². The average molecular weight is 548 g/mol. The van der Waals surface area contributed by atoms with E-state index in [9.17, 15) is 4.79 Å². The summed E-state index contributed by atoms with van der Waals surface area (Å²) in [5.74, 6) is 0.997. The second-order valence-electron chi connectivity index (χ2n) is 11.1. The number of carbonyl (C=O) groups excluding carboxylic acids is 1. The highest BCUT2D eigenvalue weighted by molar-refractivity contribution is 8.14. The number of rotatable bonds is 6. The van der Waals surface area contributed by atoms with Crippen LogP contribution in [-0.4, -0.2) is 95.3 Å². The minimum atomic E-state index is -0.454. The average Bonchev–Trinajstić information content (AvgIpc) is 3.50.